The quantitative estimate of drug-likeness (QED) is 0.549. The van der Waals surface area contributed by atoms with Crippen molar-refractivity contribution in [3.8, 4) is 0 Å². The monoisotopic (exact) mass is 140 g/mol. The second kappa shape index (κ2) is 3.24. The van der Waals surface area contributed by atoms with Gasteiger partial charge in [-0.1, -0.05) is 49.0 Å². The Balaban J connectivity index is 3.26. The van der Waals surface area contributed by atoms with Crippen LogP contribution in [0.4, 0.5) is 0 Å². The summed E-state index contributed by atoms with van der Waals surface area (Å²) in [6.07, 6.45) is 3.56. The van der Waals surface area contributed by atoms with Gasteiger partial charge in [-0.25, -0.2) is 0 Å². The van der Waals surface area contributed by atoms with Gasteiger partial charge in [-0.2, -0.15) is 0 Å². The van der Waals surface area contributed by atoms with Crippen molar-refractivity contribution >= 4 is 25.5 Å². The van der Waals surface area contributed by atoms with E-state index in [1.807, 2.05) is 18.2 Å². The molecule has 0 fully saturated rings. The van der Waals surface area contributed by atoms with Gasteiger partial charge in [0.2, 0.25) is 0 Å². The fourth-order valence-corrected chi connectivity index (χ4v) is 0.956. The van der Waals surface area contributed by atoms with Crippen LogP contribution in [0.5, 0.6) is 0 Å². The predicted octanol–water partition coefficient (Wildman–Crippen LogP) is 1.77. The van der Waals surface area contributed by atoms with Crippen LogP contribution in [0.15, 0.2) is 31.4 Å². The lowest BCUT2D eigenvalue weighted by Crippen LogP contribution is -2.01. The Morgan fingerprint density at radius 3 is 2.27 bits per heavy atom. The summed E-state index contributed by atoms with van der Waals surface area (Å²) in [6.45, 7) is 7.36. The molecule has 0 aliphatic heterocycles. The normalized spacial score (nSPS) is 9.09. The number of hydrogen-bond donors (Lipinski definition) is 0. The molecular weight excluding hydrogens is 131 g/mol. The molecule has 0 atom stereocenters. The maximum atomic E-state index is 5.58. The molecule has 1 aromatic rings. The molecule has 1 aromatic carbocycles. The van der Waals surface area contributed by atoms with Crippen LogP contribution in [-0.4, -0.2) is 7.85 Å². The zero-order valence-corrected chi connectivity index (χ0v) is 6.38. The van der Waals surface area contributed by atoms with Crippen molar-refractivity contribution in [3.63, 3.8) is 0 Å². The van der Waals surface area contributed by atoms with Crippen LogP contribution in [0.1, 0.15) is 11.1 Å². The van der Waals surface area contributed by atoms with Gasteiger partial charge in [0.1, 0.15) is 7.85 Å². The van der Waals surface area contributed by atoms with Crippen molar-refractivity contribution in [2.24, 2.45) is 0 Å². The van der Waals surface area contributed by atoms with Gasteiger partial charge in [-0.05, 0) is 11.1 Å². The van der Waals surface area contributed by atoms with Gasteiger partial charge in [-0.3, -0.25) is 0 Å². The molecule has 0 aromatic heterocycles. The van der Waals surface area contributed by atoms with Crippen LogP contribution in [-0.2, 0) is 0 Å². The first-order chi connectivity index (χ1) is 5.27. The molecule has 2 radical (unpaired) electrons. The first-order valence-corrected chi connectivity index (χ1v) is 3.42. The van der Waals surface area contributed by atoms with Crippen LogP contribution in [0, 0.1) is 0 Å². The molecule has 1 rings (SSSR count). The number of benzene rings is 1. The summed E-state index contributed by atoms with van der Waals surface area (Å²) < 4.78 is 0. The molecule has 52 valence electrons. The van der Waals surface area contributed by atoms with Crippen molar-refractivity contribution < 1.29 is 0 Å². The van der Waals surface area contributed by atoms with Gasteiger partial charge in [0.25, 0.3) is 0 Å². The maximum absolute atomic E-state index is 5.58. The summed E-state index contributed by atoms with van der Waals surface area (Å²) >= 11 is 0. The lowest BCUT2D eigenvalue weighted by atomic mass is 9.92. The third-order valence-corrected chi connectivity index (χ3v) is 1.55. The van der Waals surface area contributed by atoms with Gasteiger partial charge in [-0.15, -0.1) is 0 Å². The summed E-state index contributed by atoms with van der Waals surface area (Å²) in [5.41, 5.74) is 2.85. The Labute approximate surface area is 68.7 Å². The van der Waals surface area contributed by atoms with Gasteiger partial charge >= 0.3 is 0 Å². The molecule has 0 amide bonds. The van der Waals surface area contributed by atoms with E-state index < -0.39 is 0 Å². The van der Waals surface area contributed by atoms with Gasteiger partial charge in [0.15, 0.2) is 0 Å². The molecule has 0 heterocycles. The minimum Gasteiger partial charge on any atom is -0.0984 e. The van der Waals surface area contributed by atoms with E-state index in [2.05, 4.69) is 13.2 Å². The van der Waals surface area contributed by atoms with E-state index in [0.717, 1.165) is 16.6 Å². The molecule has 11 heavy (non-hydrogen) atoms. The molecule has 0 spiro atoms. The third kappa shape index (κ3) is 1.61. The Kier molecular flexibility index (Phi) is 2.32. The van der Waals surface area contributed by atoms with Crippen LogP contribution in [0.25, 0.3) is 12.2 Å². The summed E-state index contributed by atoms with van der Waals surface area (Å²) in [4.78, 5) is 0. The van der Waals surface area contributed by atoms with Crippen LogP contribution in [0.2, 0.25) is 0 Å². The Hall–Kier alpha value is -1.24. The molecule has 1 heteroatoms. The smallest absolute Gasteiger partial charge is 0.0984 e. The summed E-state index contributed by atoms with van der Waals surface area (Å²) in [5, 5.41) is 0. The largest absolute Gasteiger partial charge is 0.113 e. The molecule has 0 saturated carbocycles. The van der Waals surface area contributed by atoms with Crippen molar-refractivity contribution in [2.75, 3.05) is 0 Å². The van der Waals surface area contributed by atoms with Crippen molar-refractivity contribution in [1.29, 1.82) is 0 Å². The topological polar surface area (TPSA) is 0 Å². The van der Waals surface area contributed by atoms with E-state index in [0.29, 0.717) is 0 Å². The average Bonchev–Trinajstić information content (AvgIpc) is 2.04. The SMILES string of the molecule is [B]c1ccc(C=C)c(C=C)c1. The predicted molar refractivity (Wildman–Crippen MR) is 52.0 cm³/mol. The summed E-state index contributed by atoms with van der Waals surface area (Å²) in [7, 11) is 5.58. The van der Waals surface area contributed by atoms with Gasteiger partial charge in [0.05, 0.1) is 0 Å². The van der Waals surface area contributed by atoms with E-state index in [-0.39, 0.29) is 0 Å². The highest BCUT2D eigenvalue weighted by atomic mass is 14.0. The zero-order valence-electron chi connectivity index (χ0n) is 6.38. The third-order valence-electron chi connectivity index (χ3n) is 1.55. The molecule has 0 N–H and O–H groups in total. The highest BCUT2D eigenvalue weighted by Gasteiger charge is 1.93. The zero-order chi connectivity index (χ0) is 8.27. The second-order valence-electron chi connectivity index (χ2n) is 2.30. The molecule has 0 aliphatic carbocycles. The van der Waals surface area contributed by atoms with Gasteiger partial charge in [0, 0.05) is 0 Å². The molecule has 0 unspecified atom stereocenters. The maximum Gasteiger partial charge on any atom is 0.113 e. The fourth-order valence-electron chi connectivity index (χ4n) is 0.956. The average molecular weight is 140 g/mol. The summed E-state index contributed by atoms with van der Waals surface area (Å²) in [5.74, 6) is 0. The Morgan fingerprint density at radius 2 is 1.73 bits per heavy atom. The van der Waals surface area contributed by atoms with Crippen LogP contribution >= 0.6 is 0 Å². The molecule has 0 bridgehead atoms. The molecular formula is C10H9B. The lowest BCUT2D eigenvalue weighted by Gasteiger charge is -2.01. The minimum atomic E-state index is 0.755. The van der Waals surface area contributed by atoms with Crippen molar-refractivity contribution in [1.82, 2.24) is 0 Å². The van der Waals surface area contributed by atoms with E-state index in [1.54, 1.807) is 12.2 Å². The van der Waals surface area contributed by atoms with Crippen LogP contribution < -0.4 is 5.46 Å². The Morgan fingerprint density at radius 1 is 1.09 bits per heavy atom. The minimum absolute atomic E-state index is 0.755. The summed E-state index contributed by atoms with van der Waals surface area (Å²) in [6, 6.07) is 5.66. The number of hydrogen-bond acceptors (Lipinski definition) is 0. The highest BCUT2D eigenvalue weighted by Crippen LogP contribution is 2.08. The highest BCUT2D eigenvalue weighted by molar-refractivity contribution is 6.32. The van der Waals surface area contributed by atoms with Crippen molar-refractivity contribution in [3.05, 3.63) is 42.5 Å². The molecule has 0 saturated heterocycles. The Bertz CT molecular complexity index is 287. The van der Waals surface area contributed by atoms with E-state index in [4.69, 9.17) is 7.85 Å². The standard InChI is InChI=1S/C10H9B/c1-3-8-5-6-10(11)7-9(8)4-2/h3-7H,1-2H2. The molecule has 0 aliphatic rings. The first kappa shape index (κ1) is 7.87. The van der Waals surface area contributed by atoms with E-state index >= 15 is 0 Å². The van der Waals surface area contributed by atoms with Crippen molar-refractivity contribution in [2.45, 2.75) is 0 Å². The van der Waals surface area contributed by atoms with E-state index in [1.165, 1.54) is 0 Å². The molecule has 0 nitrogen and oxygen atoms in total. The lowest BCUT2D eigenvalue weighted by molar-refractivity contribution is 1.66. The first-order valence-electron chi connectivity index (χ1n) is 3.42. The van der Waals surface area contributed by atoms with E-state index in [9.17, 15) is 0 Å². The fraction of sp³-hybridized carbons (Fsp3) is 0. The van der Waals surface area contributed by atoms with Gasteiger partial charge < -0.3 is 0 Å². The van der Waals surface area contributed by atoms with Crippen LogP contribution in [0.3, 0.4) is 0 Å². The number of rotatable bonds is 2. The second-order valence-corrected chi connectivity index (χ2v) is 2.30.